The van der Waals surface area contributed by atoms with Crippen molar-refractivity contribution in [2.24, 2.45) is 0 Å². The van der Waals surface area contributed by atoms with Crippen molar-refractivity contribution in [3.63, 3.8) is 0 Å². The molecule has 0 aliphatic carbocycles. The normalized spacial score (nSPS) is 12.0. The van der Waals surface area contributed by atoms with E-state index in [2.05, 4.69) is 0 Å². The van der Waals surface area contributed by atoms with Gasteiger partial charge in [-0.1, -0.05) is 96.3 Å². The van der Waals surface area contributed by atoms with E-state index in [1.54, 1.807) is 0 Å². The maximum Gasteiger partial charge on any atom is 0.389 e. The Hall–Kier alpha value is -0.250. The van der Waals surface area contributed by atoms with Crippen LogP contribution in [-0.2, 0) is 0 Å². The third-order valence-electron chi connectivity index (χ3n) is 4.62. The molecule has 0 bridgehead atoms. The van der Waals surface area contributed by atoms with Gasteiger partial charge >= 0.3 is 6.18 Å². The fourth-order valence-electron chi connectivity index (χ4n) is 3.09. The van der Waals surface area contributed by atoms with Gasteiger partial charge in [-0.05, 0) is 12.8 Å². The minimum absolute atomic E-state index is 0.297. The fourth-order valence-corrected chi connectivity index (χ4v) is 3.09. The maximum atomic E-state index is 12.0. The van der Waals surface area contributed by atoms with Gasteiger partial charge < -0.3 is 5.11 Å². The molecule has 0 radical (unpaired) electrons. The Labute approximate surface area is 147 Å². The summed E-state index contributed by atoms with van der Waals surface area (Å²) < 4.78 is 35.9. The van der Waals surface area contributed by atoms with Crippen molar-refractivity contribution in [3.8, 4) is 0 Å². The average molecular weight is 353 g/mol. The summed E-state index contributed by atoms with van der Waals surface area (Å²) in [6, 6.07) is 0. The first kappa shape index (κ1) is 23.8. The van der Waals surface area contributed by atoms with E-state index in [4.69, 9.17) is 5.11 Å². The van der Waals surface area contributed by atoms with Gasteiger partial charge in [0.1, 0.15) is 0 Å². The van der Waals surface area contributed by atoms with E-state index in [9.17, 15) is 13.2 Å². The molecule has 0 atom stereocenters. The molecule has 0 fully saturated rings. The molecule has 4 heteroatoms. The van der Waals surface area contributed by atoms with Gasteiger partial charge in [-0.15, -0.1) is 0 Å². The Bertz CT molecular complexity index is 242. The molecule has 0 aromatic carbocycles. The molecule has 0 amide bonds. The van der Waals surface area contributed by atoms with Crippen LogP contribution in [-0.4, -0.2) is 17.9 Å². The van der Waals surface area contributed by atoms with E-state index in [-0.39, 0.29) is 0 Å². The number of alkyl halides is 3. The van der Waals surface area contributed by atoms with Crippen molar-refractivity contribution in [1.29, 1.82) is 0 Å². The molecular formula is C20H39F3O. The number of hydrogen-bond acceptors (Lipinski definition) is 1. The Balaban J connectivity index is 3.00. The molecule has 146 valence electrons. The van der Waals surface area contributed by atoms with E-state index in [0.717, 1.165) is 25.7 Å². The third-order valence-corrected chi connectivity index (χ3v) is 4.62. The molecule has 0 aromatic heterocycles. The summed E-state index contributed by atoms with van der Waals surface area (Å²) in [6.07, 6.45) is 14.9. The number of halogens is 3. The second kappa shape index (κ2) is 17.6. The lowest BCUT2D eigenvalue weighted by Crippen LogP contribution is -2.06. The van der Waals surface area contributed by atoms with E-state index in [1.807, 2.05) is 0 Å². The van der Waals surface area contributed by atoms with Crippen molar-refractivity contribution in [2.45, 2.75) is 122 Å². The molecular weight excluding hydrogens is 313 g/mol. The van der Waals surface area contributed by atoms with Crippen molar-refractivity contribution in [2.75, 3.05) is 6.61 Å². The van der Waals surface area contributed by atoms with Crippen LogP contribution >= 0.6 is 0 Å². The summed E-state index contributed by atoms with van der Waals surface area (Å²) in [5.74, 6) is 0. The standard InChI is InChI=1S/C20H39F3O/c21-20(22,23)18-16-14-12-10-8-6-4-2-1-3-5-7-9-11-13-15-17-19-24/h24H,1-19H2. The molecule has 0 aromatic rings. The molecule has 0 saturated heterocycles. The SMILES string of the molecule is OCCCCCCCCCCCCCCCCCCCC(F)(F)F. The van der Waals surface area contributed by atoms with Gasteiger partial charge in [0.15, 0.2) is 0 Å². The molecule has 0 rings (SSSR count). The minimum Gasteiger partial charge on any atom is -0.396 e. The molecule has 0 aliphatic rings. The number of aliphatic hydroxyl groups is 1. The number of aliphatic hydroxyl groups excluding tert-OH is 1. The zero-order valence-electron chi connectivity index (χ0n) is 15.5. The van der Waals surface area contributed by atoms with Crippen LogP contribution in [0.1, 0.15) is 116 Å². The average Bonchev–Trinajstić information content (AvgIpc) is 2.52. The van der Waals surface area contributed by atoms with E-state index in [0.29, 0.717) is 13.0 Å². The van der Waals surface area contributed by atoms with E-state index < -0.39 is 12.6 Å². The summed E-state index contributed by atoms with van der Waals surface area (Å²) in [5, 5.41) is 8.68. The zero-order chi connectivity index (χ0) is 17.9. The highest BCUT2D eigenvalue weighted by Crippen LogP contribution is 2.23. The predicted octanol–water partition coefficient (Wildman–Crippen LogP) is 7.56. The first-order chi connectivity index (χ1) is 11.6. The van der Waals surface area contributed by atoms with Gasteiger partial charge in [0.25, 0.3) is 0 Å². The summed E-state index contributed by atoms with van der Waals surface area (Å²) in [7, 11) is 0. The summed E-state index contributed by atoms with van der Waals surface area (Å²) in [4.78, 5) is 0. The van der Waals surface area contributed by atoms with Gasteiger partial charge in [-0.2, -0.15) is 13.2 Å². The van der Waals surface area contributed by atoms with Gasteiger partial charge in [0.2, 0.25) is 0 Å². The molecule has 1 nitrogen and oxygen atoms in total. The number of rotatable bonds is 18. The monoisotopic (exact) mass is 352 g/mol. The maximum absolute atomic E-state index is 12.0. The summed E-state index contributed by atoms with van der Waals surface area (Å²) in [5.41, 5.74) is 0. The highest BCUT2D eigenvalue weighted by molar-refractivity contribution is 4.53. The van der Waals surface area contributed by atoms with Crippen LogP contribution in [0.2, 0.25) is 0 Å². The fraction of sp³-hybridized carbons (Fsp3) is 1.00. The molecule has 0 spiro atoms. The third kappa shape index (κ3) is 21.8. The van der Waals surface area contributed by atoms with Crippen LogP contribution in [0, 0.1) is 0 Å². The van der Waals surface area contributed by atoms with Crippen LogP contribution in [0.3, 0.4) is 0 Å². The Morgan fingerprint density at radius 2 is 0.667 bits per heavy atom. The predicted molar refractivity (Wildman–Crippen MR) is 96.2 cm³/mol. The topological polar surface area (TPSA) is 20.2 Å². The Morgan fingerprint density at radius 3 is 0.917 bits per heavy atom. The molecule has 0 aliphatic heterocycles. The lowest BCUT2D eigenvalue weighted by molar-refractivity contribution is -0.135. The van der Waals surface area contributed by atoms with Crippen LogP contribution in [0.25, 0.3) is 0 Å². The molecule has 0 heterocycles. The summed E-state index contributed by atoms with van der Waals surface area (Å²) >= 11 is 0. The Kier molecular flexibility index (Phi) is 17.4. The Morgan fingerprint density at radius 1 is 0.417 bits per heavy atom. The van der Waals surface area contributed by atoms with Gasteiger partial charge in [-0.25, -0.2) is 0 Å². The second-order valence-electron chi connectivity index (χ2n) is 7.10. The van der Waals surface area contributed by atoms with E-state index >= 15 is 0 Å². The van der Waals surface area contributed by atoms with Gasteiger partial charge in [0.05, 0.1) is 0 Å². The summed E-state index contributed by atoms with van der Waals surface area (Å²) in [6.45, 7) is 0.331. The molecule has 0 saturated carbocycles. The highest BCUT2D eigenvalue weighted by Gasteiger charge is 2.25. The second-order valence-corrected chi connectivity index (χ2v) is 7.10. The lowest BCUT2D eigenvalue weighted by atomic mass is 10.0. The van der Waals surface area contributed by atoms with Crippen molar-refractivity contribution >= 4 is 0 Å². The lowest BCUT2D eigenvalue weighted by Gasteiger charge is -2.05. The van der Waals surface area contributed by atoms with Gasteiger partial charge in [-0.3, -0.25) is 0 Å². The van der Waals surface area contributed by atoms with Gasteiger partial charge in [0, 0.05) is 13.0 Å². The zero-order valence-corrected chi connectivity index (χ0v) is 15.5. The van der Waals surface area contributed by atoms with Crippen LogP contribution < -0.4 is 0 Å². The van der Waals surface area contributed by atoms with Crippen LogP contribution in [0.15, 0.2) is 0 Å². The quantitative estimate of drug-likeness (QED) is 0.252. The largest absolute Gasteiger partial charge is 0.396 e. The van der Waals surface area contributed by atoms with E-state index in [1.165, 1.54) is 77.0 Å². The molecule has 0 unspecified atom stereocenters. The van der Waals surface area contributed by atoms with Crippen molar-refractivity contribution < 1.29 is 18.3 Å². The van der Waals surface area contributed by atoms with Crippen molar-refractivity contribution in [1.82, 2.24) is 0 Å². The van der Waals surface area contributed by atoms with Crippen LogP contribution in [0.5, 0.6) is 0 Å². The molecule has 1 N–H and O–H groups in total. The molecule has 24 heavy (non-hydrogen) atoms. The highest BCUT2D eigenvalue weighted by atomic mass is 19.4. The van der Waals surface area contributed by atoms with Crippen LogP contribution in [0.4, 0.5) is 13.2 Å². The minimum atomic E-state index is -3.97. The first-order valence-corrected chi connectivity index (χ1v) is 10.2. The van der Waals surface area contributed by atoms with Crippen molar-refractivity contribution in [3.05, 3.63) is 0 Å². The number of unbranched alkanes of at least 4 members (excludes halogenated alkanes) is 16. The smallest absolute Gasteiger partial charge is 0.389 e. The number of hydrogen-bond donors (Lipinski definition) is 1. The first-order valence-electron chi connectivity index (χ1n) is 10.2.